The minimum atomic E-state index is -0.220. The van der Waals surface area contributed by atoms with E-state index in [1.54, 1.807) is 19.0 Å². The highest BCUT2D eigenvalue weighted by molar-refractivity contribution is 5.86. The molecule has 0 spiro atoms. The molecule has 214 valence electrons. The Morgan fingerprint density at radius 1 is 0.667 bits per heavy atom. The second kappa shape index (κ2) is 16.1. The van der Waals surface area contributed by atoms with E-state index in [0.717, 1.165) is 63.0 Å². The molecular formula is C33H49N3O3. The van der Waals surface area contributed by atoms with E-state index in [2.05, 4.69) is 0 Å². The molecule has 0 radical (unpaired) electrons. The van der Waals surface area contributed by atoms with Gasteiger partial charge in [0.1, 0.15) is 0 Å². The van der Waals surface area contributed by atoms with Crippen LogP contribution in [-0.4, -0.2) is 72.7 Å². The summed E-state index contributed by atoms with van der Waals surface area (Å²) in [5, 5.41) is 0. The molecule has 2 aromatic rings. The molecule has 1 saturated carbocycles. The fourth-order valence-corrected chi connectivity index (χ4v) is 5.59. The van der Waals surface area contributed by atoms with Gasteiger partial charge >= 0.3 is 0 Å². The normalized spacial score (nSPS) is 13.8. The summed E-state index contributed by atoms with van der Waals surface area (Å²) in [6, 6.07) is 19.8. The van der Waals surface area contributed by atoms with Gasteiger partial charge in [-0.2, -0.15) is 0 Å². The fourth-order valence-electron chi connectivity index (χ4n) is 5.59. The second-order valence-electron chi connectivity index (χ2n) is 10.7. The van der Waals surface area contributed by atoms with Gasteiger partial charge in [-0.25, -0.2) is 0 Å². The van der Waals surface area contributed by atoms with E-state index in [1.165, 1.54) is 0 Å². The van der Waals surface area contributed by atoms with Crippen LogP contribution in [0.15, 0.2) is 60.7 Å². The Balaban J connectivity index is 0.000000276. The summed E-state index contributed by atoms with van der Waals surface area (Å²) in [6.07, 6.45) is 5.43. The molecule has 3 rings (SSSR count). The van der Waals surface area contributed by atoms with Crippen LogP contribution in [0.3, 0.4) is 0 Å². The molecule has 0 aliphatic heterocycles. The monoisotopic (exact) mass is 535 g/mol. The Hall–Kier alpha value is -3.15. The number of carbonyl (C=O) groups excluding carboxylic acids is 3. The number of likely N-dealkylation sites (N-methyl/N-ethyl adjacent to an activating group) is 1. The third kappa shape index (κ3) is 9.22. The average molecular weight is 536 g/mol. The van der Waals surface area contributed by atoms with E-state index in [1.807, 2.05) is 98.2 Å². The van der Waals surface area contributed by atoms with Gasteiger partial charge in [-0.3, -0.25) is 14.4 Å². The van der Waals surface area contributed by atoms with Crippen LogP contribution in [0.5, 0.6) is 0 Å². The van der Waals surface area contributed by atoms with Gasteiger partial charge in [0, 0.05) is 53.1 Å². The Labute approximate surface area is 236 Å². The number of hydrogen-bond acceptors (Lipinski definition) is 3. The highest BCUT2D eigenvalue weighted by Crippen LogP contribution is 2.44. The van der Waals surface area contributed by atoms with Crippen molar-refractivity contribution in [2.75, 3.05) is 40.3 Å². The van der Waals surface area contributed by atoms with Crippen LogP contribution in [-0.2, 0) is 14.4 Å². The summed E-state index contributed by atoms with van der Waals surface area (Å²) in [5.74, 6) is 0.318. The van der Waals surface area contributed by atoms with E-state index in [0.29, 0.717) is 12.8 Å². The van der Waals surface area contributed by atoms with Gasteiger partial charge in [-0.05, 0) is 57.1 Å². The first kappa shape index (κ1) is 32.1. The molecule has 0 atom stereocenters. The quantitative estimate of drug-likeness (QED) is 0.356. The van der Waals surface area contributed by atoms with Gasteiger partial charge in [0.2, 0.25) is 17.7 Å². The van der Waals surface area contributed by atoms with Crippen LogP contribution in [0.1, 0.15) is 83.3 Å². The van der Waals surface area contributed by atoms with E-state index in [9.17, 15) is 14.4 Å². The van der Waals surface area contributed by atoms with Gasteiger partial charge in [0.25, 0.3) is 0 Å². The maximum Gasteiger partial charge on any atom is 0.234 e. The van der Waals surface area contributed by atoms with Crippen molar-refractivity contribution in [3.8, 4) is 0 Å². The molecule has 39 heavy (non-hydrogen) atoms. The third-order valence-electron chi connectivity index (χ3n) is 7.90. The van der Waals surface area contributed by atoms with Crippen molar-refractivity contribution >= 4 is 17.7 Å². The minimum Gasteiger partial charge on any atom is -0.348 e. The standard InChI is InChI=1S/C17H32N2O2.C16H17NO/c1-5-18(6-2)15(20)13-17(11-9-10-12-17)14-16(21)19(7-3)8-4;1-17(2)16(18)15(13-9-5-3-6-10-13)14-11-7-4-8-12-14/h5-14H2,1-4H3;3-12,15H,1-2H3. The van der Waals surface area contributed by atoms with Gasteiger partial charge in [-0.15, -0.1) is 0 Å². The summed E-state index contributed by atoms with van der Waals surface area (Å²) in [5.41, 5.74) is 1.98. The van der Waals surface area contributed by atoms with E-state index in [4.69, 9.17) is 0 Å². The minimum absolute atomic E-state index is 0.0840. The predicted octanol–water partition coefficient (Wildman–Crippen LogP) is 5.97. The summed E-state index contributed by atoms with van der Waals surface area (Å²) in [4.78, 5) is 42.7. The maximum atomic E-state index is 12.5. The van der Waals surface area contributed by atoms with Gasteiger partial charge in [0.05, 0.1) is 5.92 Å². The number of carbonyl (C=O) groups is 3. The van der Waals surface area contributed by atoms with Gasteiger partial charge in [0.15, 0.2) is 0 Å². The lowest BCUT2D eigenvalue weighted by Gasteiger charge is -2.32. The van der Waals surface area contributed by atoms with E-state index < -0.39 is 0 Å². The molecule has 0 aromatic heterocycles. The molecule has 0 heterocycles. The van der Waals surface area contributed by atoms with E-state index >= 15 is 0 Å². The Morgan fingerprint density at radius 2 is 1.03 bits per heavy atom. The molecule has 0 unspecified atom stereocenters. The largest absolute Gasteiger partial charge is 0.348 e. The molecule has 1 aliphatic rings. The summed E-state index contributed by atoms with van der Waals surface area (Å²) < 4.78 is 0. The lowest BCUT2D eigenvalue weighted by atomic mass is 9.78. The first-order valence-electron chi connectivity index (χ1n) is 14.6. The number of benzene rings is 2. The molecule has 0 saturated heterocycles. The predicted molar refractivity (Wildman–Crippen MR) is 159 cm³/mol. The maximum absolute atomic E-state index is 12.5. The van der Waals surface area contributed by atoms with Crippen LogP contribution >= 0.6 is 0 Å². The van der Waals surface area contributed by atoms with Crippen LogP contribution < -0.4 is 0 Å². The first-order valence-corrected chi connectivity index (χ1v) is 14.6. The topological polar surface area (TPSA) is 60.9 Å². The van der Waals surface area contributed by atoms with E-state index in [-0.39, 0.29) is 29.1 Å². The average Bonchev–Trinajstić information content (AvgIpc) is 3.39. The second-order valence-corrected chi connectivity index (χ2v) is 10.7. The Kier molecular flexibility index (Phi) is 13.2. The van der Waals surface area contributed by atoms with Crippen molar-refractivity contribution < 1.29 is 14.4 Å². The number of nitrogens with zero attached hydrogens (tertiary/aromatic N) is 3. The summed E-state index contributed by atoms with van der Waals surface area (Å²) in [7, 11) is 3.59. The highest BCUT2D eigenvalue weighted by atomic mass is 16.2. The SMILES string of the molecule is CCN(CC)C(=O)CC1(CC(=O)N(CC)CC)CCCC1.CN(C)C(=O)C(c1ccccc1)c1ccccc1. The van der Waals surface area contributed by atoms with Gasteiger partial charge in [-0.1, -0.05) is 73.5 Å². The molecule has 3 amide bonds. The molecule has 0 N–H and O–H groups in total. The summed E-state index contributed by atoms with van der Waals surface area (Å²) >= 11 is 0. The molecule has 0 bridgehead atoms. The zero-order valence-corrected chi connectivity index (χ0v) is 25.0. The molecule has 1 aliphatic carbocycles. The van der Waals surface area contributed by atoms with Crippen molar-refractivity contribution in [3.05, 3.63) is 71.8 Å². The molecule has 6 nitrogen and oxygen atoms in total. The van der Waals surface area contributed by atoms with Crippen molar-refractivity contribution in [2.45, 2.75) is 72.1 Å². The zero-order chi connectivity index (χ0) is 28.8. The lowest BCUT2D eigenvalue weighted by molar-refractivity contribution is -0.137. The number of amides is 3. The van der Waals surface area contributed by atoms with Crippen LogP contribution in [0, 0.1) is 5.41 Å². The Morgan fingerprint density at radius 3 is 1.33 bits per heavy atom. The fraction of sp³-hybridized carbons (Fsp3) is 0.545. The van der Waals surface area contributed by atoms with Crippen molar-refractivity contribution in [1.29, 1.82) is 0 Å². The summed E-state index contributed by atoms with van der Waals surface area (Å²) in [6.45, 7) is 11.1. The van der Waals surface area contributed by atoms with Crippen molar-refractivity contribution in [1.82, 2.24) is 14.7 Å². The first-order chi connectivity index (χ1) is 18.7. The van der Waals surface area contributed by atoms with Gasteiger partial charge < -0.3 is 14.7 Å². The molecule has 2 aromatic carbocycles. The number of hydrogen-bond donors (Lipinski definition) is 0. The highest BCUT2D eigenvalue weighted by Gasteiger charge is 2.39. The van der Waals surface area contributed by atoms with Crippen molar-refractivity contribution in [3.63, 3.8) is 0 Å². The zero-order valence-electron chi connectivity index (χ0n) is 25.0. The van der Waals surface area contributed by atoms with Crippen LogP contribution in [0.2, 0.25) is 0 Å². The molecule has 1 fully saturated rings. The lowest BCUT2D eigenvalue weighted by Crippen LogP contribution is -2.39. The molecular weight excluding hydrogens is 486 g/mol. The Bertz CT molecular complexity index is 942. The number of rotatable bonds is 11. The third-order valence-corrected chi connectivity index (χ3v) is 7.90. The van der Waals surface area contributed by atoms with Crippen LogP contribution in [0.25, 0.3) is 0 Å². The molecule has 6 heteroatoms. The smallest absolute Gasteiger partial charge is 0.234 e. The van der Waals surface area contributed by atoms with Crippen LogP contribution in [0.4, 0.5) is 0 Å². The van der Waals surface area contributed by atoms with Crippen molar-refractivity contribution in [2.24, 2.45) is 5.41 Å².